The van der Waals surface area contributed by atoms with Crippen LogP contribution in [0.2, 0.25) is 0 Å². The van der Waals surface area contributed by atoms with Crippen LogP contribution >= 0.6 is 22.6 Å². The zero-order chi connectivity index (χ0) is 18.2. The fourth-order valence-corrected chi connectivity index (χ4v) is 5.32. The first-order valence-corrected chi connectivity index (χ1v) is 10.3. The third-order valence-electron chi connectivity index (χ3n) is 4.15. The maximum absolute atomic E-state index is 13.0. The minimum atomic E-state index is -3.83. The summed E-state index contributed by atoms with van der Waals surface area (Å²) in [7, 11) is -3.83. The quantitative estimate of drug-likeness (QED) is 0.687. The van der Waals surface area contributed by atoms with Crippen molar-refractivity contribution in [2.24, 2.45) is 0 Å². The van der Waals surface area contributed by atoms with Gasteiger partial charge in [0.25, 0.3) is 0 Å². The molecule has 1 aliphatic rings. The van der Waals surface area contributed by atoms with Gasteiger partial charge in [0.2, 0.25) is 15.9 Å². The highest BCUT2D eigenvalue weighted by Crippen LogP contribution is 2.30. The van der Waals surface area contributed by atoms with Gasteiger partial charge in [-0.2, -0.15) is 4.31 Å². The Hall–Kier alpha value is -1.46. The van der Waals surface area contributed by atoms with Gasteiger partial charge in [0.1, 0.15) is 16.6 Å². The lowest BCUT2D eigenvalue weighted by atomic mass is 10.2. The second-order valence-electron chi connectivity index (χ2n) is 5.92. The van der Waals surface area contributed by atoms with E-state index in [0.29, 0.717) is 30.8 Å². The van der Waals surface area contributed by atoms with Crippen molar-refractivity contribution < 1.29 is 17.7 Å². The first-order valence-electron chi connectivity index (χ1n) is 7.82. The number of aryl methyl sites for hydroxylation is 2. The van der Waals surface area contributed by atoms with Gasteiger partial charge in [0.05, 0.1) is 0 Å². The predicted octanol–water partition coefficient (Wildman–Crippen LogP) is 2.69. The Labute approximate surface area is 159 Å². The average molecular weight is 475 g/mol. The highest BCUT2D eigenvalue weighted by atomic mass is 127. The van der Waals surface area contributed by atoms with E-state index in [1.165, 1.54) is 4.31 Å². The lowest BCUT2D eigenvalue weighted by Gasteiger charge is -2.23. The molecule has 0 spiro atoms. The molecular formula is C16H18IN3O4S. The normalized spacial score (nSPS) is 18.4. The molecule has 9 heteroatoms. The van der Waals surface area contributed by atoms with E-state index >= 15 is 0 Å². The summed E-state index contributed by atoms with van der Waals surface area (Å²) in [6.07, 6.45) is 1.12. The van der Waals surface area contributed by atoms with Gasteiger partial charge in [0.15, 0.2) is 5.76 Å². The van der Waals surface area contributed by atoms with Crippen molar-refractivity contribution in [2.45, 2.75) is 37.6 Å². The second-order valence-corrected chi connectivity index (χ2v) is 9.00. The first kappa shape index (κ1) is 18.3. The summed E-state index contributed by atoms with van der Waals surface area (Å²) >= 11 is 2.18. The van der Waals surface area contributed by atoms with Crippen molar-refractivity contribution in [3.05, 3.63) is 39.3 Å². The van der Waals surface area contributed by atoms with Gasteiger partial charge in [0, 0.05) is 15.8 Å². The Morgan fingerprint density at radius 3 is 2.60 bits per heavy atom. The highest BCUT2D eigenvalue weighted by Gasteiger charge is 2.41. The molecule has 134 valence electrons. The maximum atomic E-state index is 13.0. The summed E-state index contributed by atoms with van der Waals surface area (Å²) in [5.41, 5.74) is 0.952. The van der Waals surface area contributed by atoms with Gasteiger partial charge < -0.3 is 9.84 Å². The smallest absolute Gasteiger partial charge is 0.249 e. The molecule has 7 nitrogen and oxygen atoms in total. The van der Waals surface area contributed by atoms with Crippen LogP contribution < -0.4 is 5.32 Å². The number of rotatable bonds is 4. The van der Waals surface area contributed by atoms with Crippen molar-refractivity contribution >= 4 is 44.2 Å². The minimum Gasteiger partial charge on any atom is -0.360 e. The van der Waals surface area contributed by atoms with Gasteiger partial charge in [-0.3, -0.25) is 4.79 Å². The predicted molar refractivity (Wildman–Crippen MR) is 101 cm³/mol. The van der Waals surface area contributed by atoms with Crippen LogP contribution in [0.4, 0.5) is 5.69 Å². The van der Waals surface area contributed by atoms with E-state index in [-0.39, 0.29) is 16.6 Å². The number of nitrogens with one attached hydrogen (secondary N) is 1. The number of aromatic nitrogens is 1. The molecule has 2 aromatic rings. The molecule has 1 fully saturated rings. The highest BCUT2D eigenvalue weighted by molar-refractivity contribution is 14.1. The third-order valence-corrected chi connectivity index (χ3v) is 7.03. The molecule has 1 aromatic carbocycles. The molecule has 25 heavy (non-hydrogen) atoms. The van der Waals surface area contributed by atoms with Crippen molar-refractivity contribution in [3.63, 3.8) is 0 Å². The first-order chi connectivity index (χ1) is 11.8. The molecule has 1 amide bonds. The van der Waals surface area contributed by atoms with Crippen molar-refractivity contribution in [1.82, 2.24) is 9.46 Å². The molecule has 1 saturated heterocycles. The van der Waals surface area contributed by atoms with Gasteiger partial charge in [-0.15, -0.1) is 0 Å². The van der Waals surface area contributed by atoms with Crippen LogP contribution in [0.5, 0.6) is 0 Å². The van der Waals surface area contributed by atoms with Crippen molar-refractivity contribution in [3.8, 4) is 0 Å². The summed E-state index contributed by atoms with van der Waals surface area (Å²) in [6.45, 7) is 3.45. The number of halogens is 1. The second kappa shape index (κ2) is 7.04. The van der Waals surface area contributed by atoms with Gasteiger partial charge in [-0.1, -0.05) is 5.16 Å². The van der Waals surface area contributed by atoms with E-state index in [0.717, 1.165) is 3.57 Å². The van der Waals surface area contributed by atoms with E-state index in [1.807, 2.05) is 12.1 Å². The van der Waals surface area contributed by atoms with E-state index in [1.54, 1.807) is 26.0 Å². The van der Waals surface area contributed by atoms with Crippen molar-refractivity contribution in [1.29, 1.82) is 0 Å². The van der Waals surface area contributed by atoms with Crippen LogP contribution in [0.15, 0.2) is 33.7 Å². The molecule has 1 atom stereocenters. The summed E-state index contributed by atoms with van der Waals surface area (Å²) < 4.78 is 33.3. The van der Waals surface area contributed by atoms with Crippen LogP contribution in [-0.2, 0) is 14.8 Å². The largest absolute Gasteiger partial charge is 0.360 e. The molecule has 1 aromatic heterocycles. The summed E-state index contributed by atoms with van der Waals surface area (Å²) in [5.74, 6) is -0.0877. The Kier molecular flexibility index (Phi) is 5.16. The average Bonchev–Trinajstić information content (AvgIpc) is 3.17. The molecule has 0 unspecified atom stereocenters. The minimum absolute atomic E-state index is 0.0569. The fourth-order valence-electron chi connectivity index (χ4n) is 3.01. The number of nitrogens with zero attached hydrogens (tertiary/aromatic N) is 2. The molecule has 3 rings (SSSR count). The van der Waals surface area contributed by atoms with Gasteiger partial charge >= 0.3 is 0 Å². The molecule has 2 heterocycles. The van der Waals surface area contributed by atoms with Crippen LogP contribution in [-0.4, -0.2) is 36.4 Å². The Morgan fingerprint density at radius 2 is 2.00 bits per heavy atom. The van der Waals surface area contributed by atoms with Gasteiger partial charge in [-0.25, -0.2) is 8.42 Å². The molecule has 1 aliphatic heterocycles. The molecule has 0 aliphatic carbocycles. The third kappa shape index (κ3) is 3.58. The van der Waals surface area contributed by atoms with Gasteiger partial charge in [-0.05, 0) is 73.5 Å². The standard InChI is InChI=1S/C16H18IN3O4S/c1-10-15(11(2)24-19-10)25(22,23)20-9-3-4-14(20)16(21)18-13-7-5-12(17)6-8-13/h5-8,14H,3-4,9H2,1-2H3,(H,18,21)/t14-/m0/s1. The molecule has 0 bridgehead atoms. The zero-order valence-electron chi connectivity index (χ0n) is 13.8. The maximum Gasteiger partial charge on any atom is 0.249 e. The van der Waals surface area contributed by atoms with Crippen molar-refractivity contribution in [2.75, 3.05) is 11.9 Å². The number of amides is 1. The summed E-state index contributed by atoms with van der Waals surface area (Å²) in [4.78, 5) is 12.7. The van der Waals surface area contributed by atoms with E-state index < -0.39 is 16.1 Å². The number of anilines is 1. The number of benzene rings is 1. The number of hydrogen-bond acceptors (Lipinski definition) is 5. The summed E-state index contributed by atoms with van der Waals surface area (Å²) in [6, 6.07) is 6.61. The van der Waals surface area contributed by atoms with Crippen LogP contribution in [0, 0.1) is 17.4 Å². The Balaban J connectivity index is 1.85. The lowest BCUT2D eigenvalue weighted by Crippen LogP contribution is -2.43. The molecular weight excluding hydrogens is 457 g/mol. The van der Waals surface area contributed by atoms with Crippen LogP contribution in [0.25, 0.3) is 0 Å². The number of sulfonamides is 1. The SMILES string of the molecule is Cc1noc(C)c1S(=O)(=O)N1CCC[C@H]1C(=O)Nc1ccc(I)cc1. The Morgan fingerprint density at radius 1 is 1.32 bits per heavy atom. The van der Waals surface area contributed by atoms with Crippen LogP contribution in [0.1, 0.15) is 24.3 Å². The van der Waals surface area contributed by atoms with E-state index in [9.17, 15) is 13.2 Å². The monoisotopic (exact) mass is 475 g/mol. The van der Waals surface area contributed by atoms with Crippen LogP contribution in [0.3, 0.4) is 0 Å². The number of carbonyl (C=O) groups excluding carboxylic acids is 1. The number of carbonyl (C=O) groups is 1. The zero-order valence-corrected chi connectivity index (χ0v) is 16.8. The molecule has 1 N–H and O–H groups in total. The van der Waals surface area contributed by atoms with E-state index in [4.69, 9.17) is 4.52 Å². The Bertz CT molecular complexity index is 873. The van der Waals surface area contributed by atoms with E-state index in [2.05, 4.69) is 33.1 Å². The molecule has 0 saturated carbocycles. The fraction of sp³-hybridized carbons (Fsp3) is 0.375. The summed E-state index contributed by atoms with van der Waals surface area (Å²) in [5, 5.41) is 6.52. The molecule has 0 radical (unpaired) electrons. The topological polar surface area (TPSA) is 92.5 Å². The number of hydrogen-bond donors (Lipinski definition) is 1. The lowest BCUT2D eigenvalue weighted by molar-refractivity contribution is -0.119.